The quantitative estimate of drug-likeness (QED) is 0.570. The Kier molecular flexibility index (Phi) is 4.84. The average molecular weight is 214 g/mol. The summed E-state index contributed by atoms with van der Waals surface area (Å²) in [5.74, 6) is -0.165. The number of hydrogen-bond acceptors (Lipinski definition) is 2. The average Bonchev–Trinajstić information content (AvgIpc) is 2.54. The third-order valence-electron chi connectivity index (χ3n) is 2.60. The van der Waals surface area contributed by atoms with Gasteiger partial charge in [0.1, 0.15) is 6.10 Å². The predicted octanol–water partition coefficient (Wildman–Crippen LogP) is 2.44. The molecular weight excluding hydrogens is 199 g/mol. The van der Waals surface area contributed by atoms with E-state index in [1.165, 1.54) is 0 Å². The number of carbonyl (C=O) groups excluding carboxylic acids is 1. The molecule has 0 radical (unpaired) electrons. The molecule has 1 unspecified atom stereocenters. The zero-order valence-electron chi connectivity index (χ0n) is 8.32. The molecule has 0 spiro atoms. The second kappa shape index (κ2) is 5.69. The van der Waals surface area contributed by atoms with E-state index in [0.717, 1.165) is 30.4 Å². The second-order valence-electron chi connectivity index (χ2n) is 3.62. The van der Waals surface area contributed by atoms with Crippen LogP contribution in [0.2, 0.25) is 0 Å². The summed E-state index contributed by atoms with van der Waals surface area (Å²) in [6, 6.07) is 7.66. The molecule has 1 aromatic rings. The third-order valence-corrected chi connectivity index (χ3v) is 2.60. The fourth-order valence-corrected chi connectivity index (χ4v) is 1.82. The van der Waals surface area contributed by atoms with Gasteiger partial charge in [0.05, 0.1) is 5.56 Å². The van der Waals surface area contributed by atoms with Gasteiger partial charge in [-0.15, -0.1) is 0 Å². The molecule has 0 saturated carbocycles. The fourth-order valence-electron chi connectivity index (χ4n) is 1.82. The number of rotatable bonds is 3. The number of cyclic esters (lactones) is 1. The van der Waals surface area contributed by atoms with Crippen molar-refractivity contribution < 1.29 is 9.53 Å². The molecule has 0 bridgehead atoms. The third kappa shape index (κ3) is 2.63. The van der Waals surface area contributed by atoms with E-state index >= 15 is 0 Å². The van der Waals surface area contributed by atoms with Crippen LogP contribution in [0.4, 0.5) is 0 Å². The van der Waals surface area contributed by atoms with Crippen molar-refractivity contribution in [2.24, 2.45) is 0 Å². The zero-order valence-corrected chi connectivity index (χ0v) is 8.32. The Morgan fingerprint density at radius 2 is 2.07 bits per heavy atom. The fraction of sp³-hybridized carbons (Fsp3) is 0.417. The van der Waals surface area contributed by atoms with Crippen molar-refractivity contribution in [3.63, 3.8) is 0 Å². The monoisotopic (exact) mass is 214 g/mol. The molecule has 2 rings (SSSR count). The molecule has 1 aliphatic rings. The number of fused-ring (bicyclic) bond motifs is 1. The molecular formula is C12H15NaO2. The van der Waals surface area contributed by atoms with Crippen molar-refractivity contribution in [2.75, 3.05) is 0 Å². The van der Waals surface area contributed by atoms with E-state index in [1.807, 2.05) is 24.3 Å². The van der Waals surface area contributed by atoms with Crippen molar-refractivity contribution in [3.8, 4) is 0 Å². The molecule has 15 heavy (non-hydrogen) atoms. The minimum absolute atomic E-state index is 0. The Morgan fingerprint density at radius 3 is 2.80 bits per heavy atom. The zero-order chi connectivity index (χ0) is 9.97. The van der Waals surface area contributed by atoms with Gasteiger partial charge in [-0.1, -0.05) is 31.5 Å². The molecule has 0 aliphatic carbocycles. The van der Waals surface area contributed by atoms with Gasteiger partial charge in [0.2, 0.25) is 0 Å². The van der Waals surface area contributed by atoms with Gasteiger partial charge in [-0.3, -0.25) is 0 Å². The standard InChI is InChI=1S/C12H14O2.Na.H/c1-2-3-8-11-9-6-4-5-7-10(9)12(13)14-11;;/h4-7,11H,2-3,8H2,1H3;;. The first-order chi connectivity index (χ1) is 6.83. The Labute approximate surface area is 112 Å². The van der Waals surface area contributed by atoms with Crippen molar-refractivity contribution in [3.05, 3.63) is 35.4 Å². The van der Waals surface area contributed by atoms with Crippen molar-refractivity contribution >= 4 is 35.5 Å². The van der Waals surface area contributed by atoms with Crippen LogP contribution in [0.3, 0.4) is 0 Å². The van der Waals surface area contributed by atoms with Crippen LogP contribution in [0.1, 0.15) is 48.2 Å². The second-order valence-corrected chi connectivity index (χ2v) is 3.62. The Bertz CT molecular complexity index is 349. The number of hydrogen-bond donors (Lipinski definition) is 0. The predicted molar refractivity (Wildman–Crippen MR) is 61.3 cm³/mol. The van der Waals surface area contributed by atoms with Gasteiger partial charge in [0, 0.05) is 5.56 Å². The molecule has 1 atom stereocenters. The summed E-state index contributed by atoms with van der Waals surface area (Å²) in [4.78, 5) is 11.4. The minimum atomic E-state index is -0.165. The number of carbonyl (C=O) groups is 1. The molecule has 0 amide bonds. The first kappa shape index (κ1) is 12.8. The van der Waals surface area contributed by atoms with Crippen LogP contribution in [0.5, 0.6) is 0 Å². The molecule has 1 aliphatic heterocycles. The van der Waals surface area contributed by atoms with E-state index in [4.69, 9.17) is 4.74 Å². The first-order valence-electron chi connectivity index (χ1n) is 5.13. The van der Waals surface area contributed by atoms with E-state index in [9.17, 15) is 4.79 Å². The van der Waals surface area contributed by atoms with Crippen molar-refractivity contribution in [1.29, 1.82) is 0 Å². The van der Waals surface area contributed by atoms with Crippen LogP contribution in [-0.4, -0.2) is 35.5 Å². The van der Waals surface area contributed by atoms with Crippen LogP contribution < -0.4 is 0 Å². The van der Waals surface area contributed by atoms with Gasteiger partial charge in [-0.25, -0.2) is 4.79 Å². The molecule has 0 saturated heterocycles. The Balaban J connectivity index is 0.00000112. The Morgan fingerprint density at radius 1 is 1.33 bits per heavy atom. The van der Waals surface area contributed by atoms with Crippen molar-refractivity contribution in [1.82, 2.24) is 0 Å². The van der Waals surface area contributed by atoms with Gasteiger partial charge < -0.3 is 4.74 Å². The molecule has 0 fully saturated rings. The van der Waals surface area contributed by atoms with Crippen molar-refractivity contribution in [2.45, 2.75) is 32.3 Å². The van der Waals surface area contributed by atoms with E-state index in [2.05, 4.69) is 6.92 Å². The maximum absolute atomic E-state index is 11.4. The van der Waals surface area contributed by atoms with Crippen LogP contribution in [0, 0.1) is 0 Å². The van der Waals surface area contributed by atoms with Crippen LogP contribution in [-0.2, 0) is 4.74 Å². The number of unbranched alkanes of at least 4 members (excludes halogenated alkanes) is 1. The number of ether oxygens (including phenoxy) is 1. The van der Waals surface area contributed by atoms with Gasteiger partial charge in [-0.05, 0) is 18.9 Å². The molecule has 3 heteroatoms. The van der Waals surface area contributed by atoms with Gasteiger partial charge >= 0.3 is 35.5 Å². The molecule has 0 N–H and O–H groups in total. The van der Waals surface area contributed by atoms with E-state index in [-0.39, 0.29) is 41.6 Å². The maximum atomic E-state index is 11.4. The van der Waals surface area contributed by atoms with Gasteiger partial charge in [0.15, 0.2) is 0 Å². The number of benzene rings is 1. The molecule has 2 nitrogen and oxygen atoms in total. The van der Waals surface area contributed by atoms with E-state index in [1.54, 1.807) is 0 Å². The first-order valence-corrected chi connectivity index (χ1v) is 5.13. The van der Waals surface area contributed by atoms with Crippen LogP contribution in [0.15, 0.2) is 24.3 Å². The number of esters is 1. The summed E-state index contributed by atoms with van der Waals surface area (Å²) in [5, 5.41) is 0. The molecule has 0 aromatic heterocycles. The Hall–Kier alpha value is -0.310. The topological polar surface area (TPSA) is 26.3 Å². The van der Waals surface area contributed by atoms with Gasteiger partial charge in [0.25, 0.3) is 0 Å². The summed E-state index contributed by atoms with van der Waals surface area (Å²) in [7, 11) is 0. The van der Waals surface area contributed by atoms with Crippen LogP contribution >= 0.6 is 0 Å². The normalized spacial score (nSPS) is 17.9. The summed E-state index contributed by atoms with van der Waals surface area (Å²) in [6.07, 6.45) is 3.18. The van der Waals surface area contributed by atoms with E-state index < -0.39 is 0 Å². The molecule has 1 aromatic carbocycles. The summed E-state index contributed by atoms with van der Waals surface area (Å²) >= 11 is 0. The van der Waals surface area contributed by atoms with E-state index in [0.29, 0.717) is 0 Å². The summed E-state index contributed by atoms with van der Waals surface area (Å²) in [6.45, 7) is 2.14. The van der Waals surface area contributed by atoms with Crippen LogP contribution in [0.25, 0.3) is 0 Å². The SMILES string of the molecule is CCCCC1OC(=O)c2ccccc21.[NaH]. The van der Waals surface area contributed by atoms with Gasteiger partial charge in [-0.2, -0.15) is 0 Å². The summed E-state index contributed by atoms with van der Waals surface area (Å²) < 4.78 is 5.29. The molecule has 76 valence electrons. The molecule has 1 heterocycles. The summed E-state index contributed by atoms with van der Waals surface area (Å²) in [5.41, 5.74) is 1.81.